The summed E-state index contributed by atoms with van der Waals surface area (Å²) in [5.74, 6) is 0.645. The van der Waals surface area contributed by atoms with Gasteiger partial charge in [-0.25, -0.2) is 9.89 Å². The van der Waals surface area contributed by atoms with Gasteiger partial charge < -0.3 is 4.74 Å². The zero-order chi connectivity index (χ0) is 19.8. The fourth-order valence-corrected chi connectivity index (χ4v) is 2.83. The number of hydrogen-bond acceptors (Lipinski definition) is 7. The third-order valence-corrected chi connectivity index (χ3v) is 4.43. The lowest BCUT2D eigenvalue weighted by Crippen LogP contribution is -2.33. The Balaban J connectivity index is 1.67. The molecule has 140 valence electrons. The maximum Gasteiger partial charge on any atom is 0.349 e. The average molecular weight is 399 g/mol. The van der Waals surface area contributed by atoms with Crippen molar-refractivity contribution in [2.75, 3.05) is 0 Å². The lowest BCUT2D eigenvalue weighted by Gasteiger charge is -2.09. The van der Waals surface area contributed by atoms with Gasteiger partial charge in [0.05, 0.1) is 10.7 Å². The number of nitriles is 1. The molecular formula is C17H11ClN6O4. The van der Waals surface area contributed by atoms with E-state index < -0.39 is 16.9 Å². The van der Waals surface area contributed by atoms with Crippen LogP contribution in [-0.4, -0.2) is 25.0 Å². The number of aromatic amines is 2. The summed E-state index contributed by atoms with van der Waals surface area (Å²) in [6, 6.07) is 7.52. The summed E-state index contributed by atoms with van der Waals surface area (Å²) in [5, 5.41) is 19.0. The minimum atomic E-state index is -0.870. The molecular weight excluding hydrogens is 388 g/mol. The summed E-state index contributed by atoms with van der Waals surface area (Å²) in [4.78, 5) is 37.2. The van der Waals surface area contributed by atoms with E-state index in [1.165, 1.54) is 18.2 Å². The van der Waals surface area contributed by atoms with E-state index in [9.17, 15) is 14.4 Å². The van der Waals surface area contributed by atoms with Crippen LogP contribution in [0.15, 0.2) is 38.6 Å². The molecule has 0 unspecified atom stereocenters. The number of hydrogen-bond donors (Lipinski definition) is 2. The van der Waals surface area contributed by atoms with Gasteiger partial charge in [0.1, 0.15) is 11.8 Å². The van der Waals surface area contributed by atoms with Crippen LogP contribution in [0.3, 0.4) is 0 Å². The Morgan fingerprint density at radius 2 is 2.00 bits per heavy atom. The number of aromatic nitrogens is 5. The van der Waals surface area contributed by atoms with Crippen LogP contribution < -0.4 is 21.5 Å². The van der Waals surface area contributed by atoms with E-state index in [4.69, 9.17) is 21.6 Å². The first-order valence-electron chi connectivity index (χ1n) is 8.17. The van der Waals surface area contributed by atoms with E-state index in [1.807, 2.05) is 4.98 Å². The van der Waals surface area contributed by atoms with Crippen LogP contribution in [0, 0.1) is 11.3 Å². The first kappa shape index (κ1) is 17.7. The average Bonchev–Trinajstić information content (AvgIpc) is 3.50. The Hall–Kier alpha value is -3.71. The number of H-pyrrole nitrogens is 2. The molecule has 1 aliphatic carbocycles. The molecule has 3 aromatic rings. The van der Waals surface area contributed by atoms with E-state index in [-0.39, 0.29) is 33.8 Å². The van der Waals surface area contributed by atoms with Gasteiger partial charge in [-0.15, -0.1) is 10.2 Å². The predicted octanol–water partition coefficient (Wildman–Crippen LogP) is 1.20. The third-order valence-electron chi connectivity index (χ3n) is 4.13. The molecule has 0 atom stereocenters. The van der Waals surface area contributed by atoms with Crippen LogP contribution >= 0.6 is 11.6 Å². The SMILES string of the molecule is N#Cc1nn(-c2ccc(Oc3cc(C4CC4)c(=O)[nH]n3)c(Cl)c2)c(=O)[nH]c1=O. The molecule has 2 aromatic heterocycles. The van der Waals surface area contributed by atoms with Crippen molar-refractivity contribution in [3.63, 3.8) is 0 Å². The zero-order valence-corrected chi connectivity index (χ0v) is 14.9. The Morgan fingerprint density at radius 3 is 2.68 bits per heavy atom. The number of ether oxygens (including phenoxy) is 1. The summed E-state index contributed by atoms with van der Waals surface area (Å²) in [5.41, 5.74) is -1.54. The molecule has 0 aliphatic heterocycles. The van der Waals surface area contributed by atoms with Crippen molar-refractivity contribution < 1.29 is 4.74 Å². The van der Waals surface area contributed by atoms with Crippen LogP contribution in [0.1, 0.15) is 30.0 Å². The fourth-order valence-electron chi connectivity index (χ4n) is 2.62. The quantitative estimate of drug-likeness (QED) is 0.671. The molecule has 0 bridgehead atoms. The van der Waals surface area contributed by atoms with Gasteiger partial charge in [-0.1, -0.05) is 11.6 Å². The Bertz CT molecular complexity index is 1300. The monoisotopic (exact) mass is 398 g/mol. The van der Waals surface area contributed by atoms with Crippen molar-refractivity contribution >= 4 is 11.6 Å². The summed E-state index contributed by atoms with van der Waals surface area (Å²) in [7, 11) is 0. The highest BCUT2D eigenvalue weighted by atomic mass is 35.5. The molecule has 0 spiro atoms. The van der Waals surface area contributed by atoms with Crippen molar-refractivity contribution in [2.24, 2.45) is 0 Å². The summed E-state index contributed by atoms with van der Waals surface area (Å²) in [6.07, 6.45) is 1.90. The Labute approximate surface area is 161 Å². The van der Waals surface area contributed by atoms with Gasteiger partial charge in [0.25, 0.3) is 11.1 Å². The summed E-state index contributed by atoms with van der Waals surface area (Å²) >= 11 is 6.23. The zero-order valence-electron chi connectivity index (χ0n) is 14.1. The van der Waals surface area contributed by atoms with Gasteiger partial charge in [-0.3, -0.25) is 14.6 Å². The number of benzene rings is 1. The topological polar surface area (TPSA) is 147 Å². The van der Waals surface area contributed by atoms with E-state index >= 15 is 0 Å². The molecule has 11 heteroatoms. The molecule has 1 fully saturated rings. The number of rotatable bonds is 4. The lowest BCUT2D eigenvalue weighted by atomic mass is 10.2. The first-order valence-corrected chi connectivity index (χ1v) is 8.55. The first-order chi connectivity index (χ1) is 13.5. The summed E-state index contributed by atoms with van der Waals surface area (Å²) in [6.45, 7) is 0. The van der Waals surface area contributed by atoms with Crippen LogP contribution in [0.2, 0.25) is 5.02 Å². The van der Waals surface area contributed by atoms with Crippen molar-refractivity contribution in [3.05, 3.63) is 71.7 Å². The highest BCUT2D eigenvalue weighted by Crippen LogP contribution is 2.39. The molecule has 0 saturated heterocycles. The van der Waals surface area contributed by atoms with Crippen molar-refractivity contribution in [1.82, 2.24) is 25.0 Å². The van der Waals surface area contributed by atoms with E-state index in [0.29, 0.717) is 5.56 Å². The summed E-state index contributed by atoms with van der Waals surface area (Å²) < 4.78 is 6.48. The number of nitrogens with zero attached hydrogens (tertiary/aromatic N) is 4. The van der Waals surface area contributed by atoms with Crippen LogP contribution in [0.25, 0.3) is 5.69 Å². The molecule has 1 aromatic carbocycles. The van der Waals surface area contributed by atoms with Gasteiger partial charge in [0.2, 0.25) is 11.6 Å². The van der Waals surface area contributed by atoms with Crippen molar-refractivity contribution in [3.8, 4) is 23.4 Å². The third kappa shape index (κ3) is 3.30. The van der Waals surface area contributed by atoms with Crippen LogP contribution in [0.5, 0.6) is 11.6 Å². The second-order valence-corrected chi connectivity index (χ2v) is 6.52. The largest absolute Gasteiger partial charge is 0.436 e. The van der Waals surface area contributed by atoms with Crippen molar-refractivity contribution in [1.29, 1.82) is 5.26 Å². The van der Waals surface area contributed by atoms with Gasteiger partial charge >= 0.3 is 5.69 Å². The minimum absolute atomic E-state index is 0.136. The molecule has 10 nitrogen and oxygen atoms in total. The van der Waals surface area contributed by atoms with Crippen LogP contribution in [0.4, 0.5) is 0 Å². The van der Waals surface area contributed by atoms with Gasteiger partial charge in [0.15, 0.2) is 0 Å². The molecule has 0 radical (unpaired) electrons. The smallest absolute Gasteiger partial charge is 0.349 e. The normalized spacial score (nSPS) is 13.1. The molecule has 4 rings (SSSR count). The molecule has 28 heavy (non-hydrogen) atoms. The Morgan fingerprint density at radius 1 is 1.21 bits per heavy atom. The molecule has 1 aliphatic rings. The fraction of sp³-hybridized carbons (Fsp3) is 0.176. The second kappa shape index (κ2) is 6.79. The highest BCUT2D eigenvalue weighted by Gasteiger charge is 2.27. The van der Waals surface area contributed by atoms with Gasteiger partial charge in [0, 0.05) is 11.6 Å². The van der Waals surface area contributed by atoms with E-state index in [2.05, 4.69) is 15.3 Å². The maximum absolute atomic E-state index is 12.0. The Kier molecular flexibility index (Phi) is 4.29. The number of halogens is 1. The van der Waals surface area contributed by atoms with Gasteiger partial charge in [-0.2, -0.15) is 9.94 Å². The molecule has 2 heterocycles. The van der Waals surface area contributed by atoms with Crippen LogP contribution in [-0.2, 0) is 0 Å². The molecule has 1 saturated carbocycles. The maximum atomic E-state index is 12.0. The standard InChI is InChI=1S/C17H11ClN6O4/c18-11-5-9(24-17(27)20-16(26)12(7-19)23-24)3-4-13(11)28-14-6-10(8-1-2-8)15(25)22-21-14/h3-6,8H,1-2H2,(H,22,25)(H,20,26,27). The highest BCUT2D eigenvalue weighted by molar-refractivity contribution is 6.32. The van der Waals surface area contributed by atoms with E-state index in [1.54, 1.807) is 12.1 Å². The molecule has 0 amide bonds. The van der Waals surface area contributed by atoms with Crippen molar-refractivity contribution in [2.45, 2.75) is 18.8 Å². The van der Waals surface area contributed by atoms with Gasteiger partial charge in [-0.05, 0) is 37.0 Å². The lowest BCUT2D eigenvalue weighted by molar-refractivity contribution is 0.453. The molecule has 2 N–H and O–H groups in total. The second-order valence-electron chi connectivity index (χ2n) is 6.11. The predicted molar refractivity (Wildman–Crippen MR) is 97.1 cm³/mol. The van der Waals surface area contributed by atoms with E-state index in [0.717, 1.165) is 17.5 Å². The minimum Gasteiger partial charge on any atom is -0.436 e. The number of nitrogens with one attached hydrogen (secondary N) is 2.